The molecule has 1 atom stereocenters. The van der Waals surface area contributed by atoms with Gasteiger partial charge in [0.15, 0.2) is 0 Å². The topological polar surface area (TPSA) is 69.4 Å². The maximum Gasteiger partial charge on any atom is 0.330 e. The van der Waals surface area contributed by atoms with Crippen LogP contribution in [0, 0.1) is 0 Å². The van der Waals surface area contributed by atoms with Gasteiger partial charge in [-0.3, -0.25) is 4.79 Å². The van der Waals surface area contributed by atoms with Crippen LogP contribution >= 0.6 is 0 Å². The zero-order chi connectivity index (χ0) is 22.6. The van der Waals surface area contributed by atoms with Gasteiger partial charge >= 0.3 is 11.9 Å². The smallest absolute Gasteiger partial charge is 0.330 e. The highest BCUT2D eigenvalue weighted by Crippen LogP contribution is 2.14. The number of carbonyl (C=O) groups excluding carboxylic acids is 2. The predicted molar refractivity (Wildman–Crippen MR) is 129 cm³/mol. The van der Waals surface area contributed by atoms with E-state index in [0.29, 0.717) is 12.8 Å². The lowest BCUT2D eigenvalue weighted by Gasteiger charge is -2.10. The Morgan fingerprint density at radius 2 is 1.19 bits per heavy atom. The maximum absolute atomic E-state index is 12.0. The third-order valence-electron chi connectivity index (χ3n) is 5.80. The minimum absolute atomic E-state index is 0.294. The summed E-state index contributed by atoms with van der Waals surface area (Å²) in [4.78, 5) is 23.8. The summed E-state index contributed by atoms with van der Waals surface area (Å²) in [5.74, 6) is -1.09. The van der Waals surface area contributed by atoms with Gasteiger partial charge in [-0.2, -0.15) is 0 Å². The van der Waals surface area contributed by atoms with Crippen LogP contribution in [0.1, 0.15) is 115 Å². The van der Waals surface area contributed by atoms with Crippen molar-refractivity contribution >= 4 is 11.9 Å². The lowest BCUT2D eigenvalue weighted by Crippen LogP contribution is -2.35. The van der Waals surface area contributed by atoms with Crippen molar-refractivity contribution in [3.8, 4) is 0 Å². The van der Waals surface area contributed by atoms with Gasteiger partial charge in [0.2, 0.25) is 0 Å². The quantitative estimate of drug-likeness (QED) is 0.147. The third kappa shape index (κ3) is 15.7. The molecule has 0 aliphatic heterocycles. The molecule has 0 amide bonds. The van der Waals surface area contributed by atoms with Gasteiger partial charge in [0.05, 0.1) is 0 Å². The fraction of sp³-hybridized carbons (Fsp3) is 0.704. The summed E-state index contributed by atoms with van der Waals surface area (Å²) in [6.07, 6.45) is 19.9. The van der Waals surface area contributed by atoms with Crippen LogP contribution in [-0.2, 0) is 20.7 Å². The molecule has 0 saturated heterocycles. The number of ether oxygens (including phenoxy) is 1. The van der Waals surface area contributed by atoms with Gasteiger partial charge in [0.25, 0.3) is 0 Å². The number of esters is 2. The number of unbranched alkanes of at least 4 members (excludes halogenated alkanes) is 14. The second-order valence-corrected chi connectivity index (χ2v) is 8.79. The fourth-order valence-electron chi connectivity index (χ4n) is 3.83. The van der Waals surface area contributed by atoms with Crippen molar-refractivity contribution in [3.05, 3.63) is 35.9 Å². The van der Waals surface area contributed by atoms with Gasteiger partial charge in [0, 0.05) is 6.42 Å². The molecular formula is C27H45NO3. The van der Waals surface area contributed by atoms with Crippen molar-refractivity contribution in [3.63, 3.8) is 0 Å². The summed E-state index contributed by atoms with van der Waals surface area (Å²) >= 11 is 0. The molecule has 0 spiro atoms. The largest absolute Gasteiger partial charge is 0.392 e. The Morgan fingerprint density at radius 1 is 0.742 bits per heavy atom. The highest BCUT2D eigenvalue weighted by atomic mass is 16.6. The zero-order valence-electron chi connectivity index (χ0n) is 19.8. The molecule has 176 valence electrons. The molecule has 0 bridgehead atoms. The fourth-order valence-corrected chi connectivity index (χ4v) is 3.83. The van der Waals surface area contributed by atoms with Crippen LogP contribution in [0.2, 0.25) is 0 Å². The maximum atomic E-state index is 12.0. The first-order valence-corrected chi connectivity index (χ1v) is 12.7. The van der Waals surface area contributed by atoms with Crippen LogP contribution in [0.25, 0.3) is 0 Å². The van der Waals surface area contributed by atoms with Crippen molar-refractivity contribution in [2.75, 3.05) is 0 Å². The molecule has 0 aliphatic carbocycles. The normalized spacial score (nSPS) is 11.9. The van der Waals surface area contributed by atoms with Crippen LogP contribution in [0.15, 0.2) is 30.3 Å². The van der Waals surface area contributed by atoms with Gasteiger partial charge in [-0.15, -0.1) is 0 Å². The summed E-state index contributed by atoms with van der Waals surface area (Å²) in [5.41, 5.74) is 6.82. The molecule has 0 saturated carbocycles. The number of hydrogen-bond acceptors (Lipinski definition) is 4. The van der Waals surface area contributed by atoms with E-state index in [1.165, 1.54) is 77.0 Å². The summed E-state index contributed by atoms with van der Waals surface area (Å²) in [7, 11) is 0. The Labute approximate surface area is 190 Å². The molecule has 4 nitrogen and oxygen atoms in total. The molecule has 2 N–H and O–H groups in total. The number of benzene rings is 1. The molecule has 0 aliphatic rings. The van der Waals surface area contributed by atoms with Crippen LogP contribution in [-0.4, -0.2) is 18.0 Å². The molecule has 1 aromatic rings. The average Bonchev–Trinajstić information content (AvgIpc) is 2.77. The third-order valence-corrected chi connectivity index (χ3v) is 5.80. The SMILES string of the molecule is CCCCCCCCCCCCCCCCCC(=O)OC(=O)[C@@H](N)Cc1ccccc1. The summed E-state index contributed by atoms with van der Waals surface area (Å²) in [6.45, 7) is 2.27. The standard InChI is InChI=1S/C27H45NO3/c1-2-3-4-5-6-7-8-9-10-11-12-13-14-15-19-22-26(29)31-27(30)25(28)23-24-20-17-16-18-21-24/h16-18,20-21,25H,2-15,19,22-23,28H2,1H3/t25-/m0/s1. The van der Waals surface area contributed by atoms with Crippen LogP contribution < -0.4 is 5.73 Å². The van der Waals surface area contributed by atoms with E-state index in [-0.39, 0.29) is 0 Å². The number of carbonyl (C=O) groups is 2. The van der Waals surface area contributed by atoms with E-state index >= 15 is 0 Å². The van der Waals surface area contributed by atoms with Crippen LogP contribution in [0.3, 0.4) is 0 Å². The number of rotatable bonds is 19. The summed E-state index contributed by atoms with van der Waals surface area (Å²) < 4.78 is 4.90. The second kappa shape index (κ2) is 19.0. The Morgan fingerprint density at radius 3 is 1.68 bits per heavy atom. The molecule has 0 heterocycles. The monoisotopic (exact) mass is 431 g/mol. The lowest BCUT2D eigenvalue weighted by atomic mass is 10.0. The van der Waals surface area contributed by atoms with E-state index in [9.17, 15) is 9.59 Å². The van der Waals surface area contributed by atoms with Crippen molar-refractivity contribution < 1.29 is 14.3 Å². The molecule has 0 unspecified atom stereocenters. The van der Waals surface area contributed by atoms with E-state index in [2.05, 4.69) is 6.92 Å². The molecule has 0 aromatic heterocycles. The highest BCUT2D eigenvalue weighted by molar-refractivity contribution is 5.88. The van der Waals surface area contributed by atoms with Crippen molar-refractivity contribution in [2.24, 2.45) is 5.73 Å². The Balaban J connectivity index is 1.89. The van der Waals surface area contributed by atoms with Gasteiger partial charge in [-0.05, 0) is 18.4 Å². The second-order valence-electron chi connectivity index (χ2n) is 8.79. The van der Waals surface area contributed by atoms with Gasteiger partial charge in [-0.25, -0.2) is 4.79 Å². The van der Waals surface area contributed by atoms with Crippen LogP contribution in [0.5, 0.6) is 0 Å². The van der Waals surface area contributed by atoms with Crippen molar-refractivity contribution in [1.29, 1.82) is 0 Å². The van der Waals surface area contributed by atoms with Crippen LogP contribution in [0.4, 0.5) is 0 Å². The Hall–Kier alpha value is -1.68. The molecule has 1 rings (SSSR count). The lowest BCUT2D eigenvalue weighted by molar-refractivity contribution is -0.160. The number of nitrogens with two attached hydrogens (primary N) is 1. The molecule has 0 fully saturated rings. The Kier molecular flexibility index (Phi) is 16.8. The molecular weight excluding hydrogens is 386 g/mol. The van der Waals surface area contributed by atoms with Crippen molar-refractivity contribution in [1.82, 2.24) is 0 Å². The first-order chi connectivity index (χ1) is 15.1. The minimum atomic E-state index is -0.799. The zero-order valence-corrected chi connectivity index (χ0v) is 19.8. The minimum Gasteiger partial charge on any atom is -0.392 e. The first kappa shape index (κ1) is 27.4. The molecule has 4 heteroatoms. The molecule has 31 heavy (non-hydrogen) atoms. The van der Waals surface area contributed by atoms with E-state index in [1.807, 2.05) is 30.3 Å². The summed E-state index contributed by atoms with van der Waals surface area (Å²) in [6, 6.07) is 8.72. The highest BCUT2D eigenvalue weighted by Gasteiger charge is 2.19. The Bertz CT molecular complexity index is 573. The molecule has 1 aromatic carbocycles. The van der Waals surface area contributed by atoms with Gasteiger partial charge < -0.3 is 10.5 Å². The van der Waals surface area contributed by atoms with E-state index in [1.54, 1.807) is 0 Å². The first-order valence-electron chi connectivity index (χ1n) is 12.7. The van der Waals surface area contributed by atoms with E-state index in [0.717, 1.165) is 24.8 Å². The summed E-state index contributed by atoms with van der Waals surface area (Å²) in [5, 5.41) is 0. The number of hydrogen-bond donors (Lipinski definition) is 1. The van der Waals surface area contributed by atoms with E-state index in [4.69, 9.17) is 10.5 Å². The van der Waals surface area contributed by atoms with Crippen molar-refractivity contribution in [2.45, 2.75) is 122 Å². The predicted octanol–water partition coefficient (Wildman–Crippen LogP) is 6.89. The van der Waals surface area contributed by atoms with E-state index < -0.39 is 18.0 Å². The van der Waals surface area contributed by atoms with Gasteiger partial charge in [0.1, 0.15) is 6.04 Å². The van der Waals surface area contributed by atoms with Gasteiger partial charge in [-0.1, -0.05) is 127 Å². The molecule has 0 radical (unpaired) electrons. The average molecular weight is 432 g/mol.